The van der Waals surface area contributed by atoms with Gasteiger partial charge in [-0.3, -0.25) is 14.5 Å². The lowest BCUT2D eigenvalue weighted by Gasteiger charge is -2.30. The normalized spacial score (nSPS) is 19.4. The number of nitrogens with zero attached hydrogens (tertiary/aromatic N) is 1. The maximum absolute atomic E-state index is 11.9. The monoisotopic (exact) mass is 237 g/mol. The molecule has 1 amide bonds. The first kappa shape index (κ1) is 11.0. The van der Waals surface area contributed by atoms with Gasteiger partial charge in [-0.05, 0) is 19.1 Å². The van der Waals surface area contributed by atoms with Crippen LogP contribution in [0.25, 0.3) is 0 Å². The Morgan fingerprint density at radius 3 is 2.88 bits per heavy atom. The van der Waals surface area contributed by atoms with Crippen LogP contribution in [0.2, 0.25) is 0 Å². The summed E-state index contributed by atoms with van der Waals surface area (Å²) in [6.07, 6.45) is 0. The SMILES string of the molecule is CC1Sc2ccccc2N(CC(=O)O)C1=O. The predicted octanol–water partition coefficient (Wildman–Crippen LogP) is 1.60. The van der Waals surface area contributed by atoms with E-state index in [9.17, 15) is 9.59 Å². The lowest BCUT2D eigenvalue weighted by Crippen LogP contribution is -2.42. The Kier molecular flexibility index (Phi) is 2.87. The van der Waals surface area contributed by atoms with E-state index in [0.29, 0.717) is 5.69 Å². The molecule has 1 aliphatic rings. The summed E-state index contributed by atoms with van der Waals surface area (Å²) in [6, 6.07) is 7.36. The smallest absolute Gasteiger partial charge is 0.323 e. The molecule has 5 heteroatoms. The van der Waals surface area contributed by atoms with Crippen molar-refractivity contribution < 1.29 is 14.7 Å². The highest BCUT2D eigenvalue weighted by molar-refractivity contribution is 8.00. The van der Waals surface area contributed by atoms with E-state index in [0.717, 1.165) is 4.90 Å². The summed E-state index contributed by atoms with van der Waals surface area (Å²) < 4.78 is 0. The van der Waals surface area contributed by atoms with Crippen LogP contribution >= 0.6 is 11.8 Å². The van der Waals surface area contributed by atoms with Crippen LogP contribution in [0.1, 0.15) is 6.92 Å². The van der Waals surface area contributed by atoms with Gasteiger partial charge in [0, 0.05) is 4.90 Å². The third-order valence-electron chi connectivity index (χ3n) is 2.37. The maximum Gasteiger partial charge on any atom is 0.323 e. The molecule has 0 radical (unpaired) electrons. The highest BCUT2D eigenvalue weighted by Gasteiger charge is 2.31. The summed E-state index contributed by atoms with van der Waals surface area (Å²) >= 11 is 1.47. The van der Waals surface area contributed by atoms with Gasteiger partial charge < -0.3 is 5.11 Å². The number of carboxylic acids is 1. The number of thioether (sulfide) groups is 1. The van der Waals surface area contributed by atoms with Crippen molar-refractivity contribution in [3.05, 3.63) is 24.3 Å². The van der Waals surface area contributed by atoms with Crippen LogP contribution in [0.4, 0.5) is 5.69 Å². The van der Waals surface area contributed by atoms with Crippen molar-refractivity contribution >= 4 is 29.3 Å². The molecule has 1 atom stereocenters. The lowest BCUT2D eigenvalue weighted by atomic mass is 10.2. The highest BCUT2D eigenvalue weighted by atomic mass is 32.2. The van der Waals surface area contributed by atoms with Crippen LogP contribution in [-0.4, -0.2) is 28.8 Å². The second-order valence-electron chi connectivity index (χ2n) is 3.55. The summed E-state index contributed by atoms with van der Waals surface area (Å²) in [4.78, 5) is 24.9. The van der Waals surface area contributed by atoms with Crippen molar-refractivity contribution in [2.24, 2.45) is 0 Å². The zero-order valence-electron chi connectivity index (χ0n) is 8.71. The third-order valence-corrected chi connectivity index (χ3v) is 3.52. The largest absolute Gasteiger partial charge is 0.480 e. The van der Waals surface area contributed by atoms with Crippen LogP contribution in [-0.2, 0) is 9.59 Å². The molecule has 4 nitrogen and oxygen atoms in total. The molecule has 0 aliphatic carbocycles. The fourth-order valence-electron chi connectivity index (χ4n) is 1.66. The number of aliphatic carboxylic acids is 1. The molecule has 1 aromatic carbocycles. The molecule has 0 aromatic heterocycles. The molecule has 2 rings (SSSR count). The maximum atomic E-state index is 11.9. The number of carbonyl (C=O) groups is 2. The third kappa shape index (κ3) is 1.90. The van der Waals surface area contributed by atoms with Gasteiger partial charge in [-0.1, -0.05) is 12.1 Å². The lowest BCUT2D eigenvalue weighted by molar-refractivity contribution is -0.136. The second-order valence-corrected chi connectivity index (χ2v) is 4.93. The van der Waals surface area contributed by atoms with Gasteiger partial charge in [0.25, 0.3) is 0 Å². The molecular weight excluding hydrogens is 226 g/mol. The van der Waals surface area contributed by atoms with Crippen LogP contribution < -0.4 is 4.90 Å². The first-order chi connectivity index (χ1) is 7.59. The van der Waals surface area contributed by atoms with Gasteiger partial charge in [0.15, 0.2) is 0 Å². The average Bonchev–Trinajstić information content (AvgIpc) is 2.24. The van der Waals surface area contributed by atoms with Crippen LogP contribution in [0.5, 0.6) is 0 Å². The Morgan fingerprint density at radius 2 is 2.19 bits per heavy atom. The molecule has 0 spiro atoms. The van der Waals surface area contributed by atoms with Crippen molar-refractivity contribution in [1.29, 1.82) is 0 Å². The number of hydrogen-bond acceptors (Lipinski definition) is 3. The molecule has 0 saturated carbocycles. The number of benzene rings is 1. The van der Waals surface area contributed by atoms with Gasteiger partial charge in [-0.2, -0.15) is 0 Å². The van der Waals surface area contributed by atoms with Gasteiger partial charge in [0.05, 0.1) is 10.9 Å². The van der Waals surface area contributed by atoms with Crippen molar-refractivity contribution in [3.8, 4) is 0 Å². The van der Waals surface area contributed by atoms with E-state index in [1.807, 2.05) is 12.1 Å². The Labute approximate surface area is 97.3 Å². The van der Waals surface area contributed by atoms with Gasteiger partial charge in [-0.15, -0.1) is 11.8 Å². The van der Waals surface area contributed by atoms with Crippen molar-refractivity contribution in [2.45, 2.75) is 17.1 Å². The van der Waals surface area contributed by atoms with E-state index >= 15 is 0 Å². The molecule has 0 bridgehead atoms. The van der Waals surface area contributed by atoms with Gasteiger partial charge in [0.1, 0.15) is 6.54 Å². The molecule has 1 heterocycles. The Balaban J connectivity index is 2.41. The molecule has 1 unspecified atom stereocenters. The first-order valence-electron chi connectivity index (χ1n) is 4.88. The number of carboxylic acid groups (broad SMARTS) is 1. The summed E-state index contributed by atoms with van der Waals surface area (Å²) in [5.74, 6) is -1.15. The van der Waals surface area contributed by atoms with Crippen molar-refractivity contribution in [3.63, 3.8) is 0 Å². The second kappa shape index (κ2) is 4.17. The summed E-state index contributed by atoms with van der Waals surface area (Å²) in [5.41, 5.74) is 0.693. The minimum atomic E-state index is -0.998. The van der Waals surface area contributed by atoms with E-state index in [2.05, 4.69) is 0 Å². The van der Waals surface area contributed by atoms with Crippen LogP contribution in [0.3, 0.4) is 0 Å². The number of carbonyl (C=O) groups excluding carboxylic acids is 1. The molecule has 0 saturated heterocycles. The van der Waals surface area contributed by atoms with E-state index < -0.39 is 5.97 Å². The summed E-state index contributed by atoms with van der Waals surface area (Å²) in [6.45, 7) is 1.51. The standard InChI is InChI=1S/C11H11NO3S/c1-7-11(15)12(6-10(13)14)8-4-2-3-5-9(8)16-7/h2-5,7H,6H2,1H3,(H,13,14). The van der Waals surface area contributed by atoms with Gasteiger partial charge in [-0.25, -0.2) is 0 Å². The molecular formula is C11H11NO3S. The zero-order valence-corrected chi connectivity index (χ0v) is 9.53. The fraction of sp³-hybridized carbons (Fsp3) is 0.273. The number of para-hydroxylation sites is 1. The minimum absolute atomic E-state index is 0.147. The summed E-state index contributed by atoms with van der Waals surface area (Å²) in [7, 11) is 0. The zero-order chi connectivity index (χ0) is 11.7. The Bertz CT molecular complexity index is 447. The Hall–Kier alpha value is -1.49. The number of fused-ring (bicyclic) bond motifs is 1. The molecule has 84 valence electrons. The predicted molar refractivity (Wildman–Crippen MR) is 61.7 cm³/mol. The van der Waals surface area contributed by atoms with Crippen molar-refractivity contribution in [2.75, 3.05) is 11.4 Å². The first-order valence-corrected chi connectivity index (χ1v) is 5.76. The van der Waals surface area contributed by atoms with Gasteiger partial charge in [0.2, 0.25) is 5.91 Å². The highest BCUT2D eigenvalue weighted by Crippen LogP contribution is 2.38. The fourth-order valence-corrected chi connectivity index (χ4v) is 2.72. The minimum Gasteiger partial charge on any atom is -0.480 e. The van der Waals surface area contributed by atoms with Crippen LogP contribution in [0.15, 0.2) is 29.2 Å². The van der Waals surface area contributed by atoms with E-state index in [1.54, 1.807) is 19.1 Å². The number of amides is 1. The average molecular weight is 237 g/mol. The molecule has 1 aromatic rings. The molecule has 1 N–H and O–H groups in total. The molecule has 1 aliphatic heterocycles. The number of anilines is 1. The molecule has 16 heavy (non-hydrogen) atoms. The number of hydrogen-bond donors (Lipinski definition) is 1. The molecule has 0 fully saturated rings. The summed E-state index contributed by atoms with van der Waals surface area (Å²) in [5, 5.41) is 8.57. The van der Waals surface area contributed by atoms with E-state index in [1.165, 1.54) is 16.7 Å². The topological polar surface area (TPSA) is 57.6 Å². The van der Waals surface area contributed by atoms with E-state index in [4.69, 9.17) is 5.11 Å². The Morgan fingerprint density at radius 1 is 1.50 bits per heavy atom. The quantitative estimate of drug-likeness (QED) is 0.848. The van der Waals surface area contributed by atoms with Crippen LogP contribution in [0, 0.1) is 0 Å². The van der Waals surface area contributed by atoms with Crippen molar-refractivity contribution in [1.82, 2.24) is 0 Å². The van der Waals surface area contributed by atoms with E-state index in [-0.39, 0.29) is 17.7 Å². The number of rotatable bonds is 2. The van der Waals surface area contributed by atoms with Gasteiger partial charge >= 0.3 is 5.97 Å².